The molecule has 0 saturated carbocycles. The molecule has 3 aliphatic heterocycles. The molecule has 114 valence electrons. The summed E-state index contributed by atoms with van der Waals surface area (Å²) in [6.45, 7) is 3.64. The van der Waals surface area contributed by atoms with E-state index in [4.69, 9.17) is 4.74 Å². The summed E-state index contributed by atoms with van der Waals surface area (Å²) in [6, 6.07) is 0. The average molecular weight is 302 g/mol. The van der Waals surface area contributed by atoms with Crippen molar-refractivity contribution < 1.29 is 17.9 Å². The zero-order chi connectivity index (χ0) is 14.3. The van der Waals surface area contributed by atoms with Crippen LogP contribution < -0.4 is 0 Å². The second-order valence-corrected chi connectivity index (χ2v) is 8.16. The molecule has 3 fully saturated rings. The third-order valence-corrected chi connectivity index (χ3v) is 6.04. The molecule has 0 bridgehead atoms. The maximum absolute atomic E-state index is 12.6. The highest BCUT2D eigenvalue weighted by atomic mass is 32.2. The fourth-order valence-electron chi connectivity index (χ4n) is 3.65. The number of rotatable bonds is 2. The minimum Gasteiger partial charge on any atom is -0.380 e. The first-order valence-electron chi connectivity index (χ1n) is 7.28. The lowest BCUT2D eigenvalue weighted by atomic mass is 9.82. The van der Waals surface area contributed by atoms with Gasteiger partial charge in [0, 0.05) is 32.1 Å². The number of hydrogen-bond donors (Lipinski definition) is 0. The zero-order valence-corrected chi connectivity index (χ0v) is 12.6. The number of carbonyl (C=O) groups excluding carboxylic acids is 1. The van der Waals surface area contributed by atoms with E-state index >= 15 is 0 Å². The normalized spacial score (nSPS) is 35.2. The van der Waals surface area contributed by atoms with Crippen LogP contribution in [-0.2, 0) is 19.6 Å². The topological polar surface area (TPSA) is 66.9 Å². The average Bonchev–Trinajstić information content (AvgIpc) is 3.05. The maximum atomic E-state index is 12.6. The Morgan fingerprint density at radius 2 is 1.85 bits per heavy atom. The number of likely N-dealkylation sites (tertiary alicyclic amines) is 1. The Morgan fingerprint density at radius 3 is 2.50 bits per heavy atom. The Morgan fingerprint density at radius 1 is 1.15 bits per heavy atom. The molecule has 6 nitrogen and oxygen atoms in total. The second kappa shape index (κ2) is 5.27. The van der Waals surface area contributed by atoms with Crippen molar-refractivity contribution in [3.05, 3.63) is 0 Å². The molecule has 0 radical (unpaired) electrons. The quantitative estimate of drug-likeness (QED) is 0.706. The number of ether oxygens (including phenoxy) is 1. The summed E-state index contributed by atoms with van der Waals surface area (Å²) in [4.78, 5) is 14.5. The predicted octanol–water partition coefficient (Wildman–Crippen LogP) is -0.237. The number of nitrogens with zero attached hydrogens (tertiary/aromatic N) is 2. The van der Waals surface area contributed by atoms with Crippen molar-refractivity contribution in [2.75, 3.05) is 45.6 Å². The van der Waals surface area contributed by atoms with Gasteiger partial charge in [0.15, 0.2) is 0 Å². The summed E-state index contributed by atoms with van der Waals surface area (Å²) >= 11 is 0. The van der Waals surface area contributed by atoms with Gasteiger partial charge in [0.1, 0.15) is 0 Å². The van der Waals surface area contributed by atoms with Crippen LogP contribution in [0.2, 0.25) is 0 Å². The fourth-order valence-corrected chi connectivity index (χ4v) is 4.56. The number of carbonyl (C=O) groups is 1. The van der Waals surface area contributed by atoms with Crippen molar-refractivity contribution in [2.45, 2.75) is 12.8 Å². The minimum atomic E-state index is -3.18. The molecular weight excluding hydrogens is 280 g/mol. The van der Waals surface area contributed by atoms with Crippen LogP contribution in [0.15, 0.2) is 0 Å². The van der Waals surface area contributed by atoms with Gasteiger partial charge < -0.3 is 9.64 Å². The van der Waals surface area contributed by atoms with Gasteiger partial charge in [-0.15, -0.1) is 0 Å². The summed E-state index contributed by atoms with van der Waals surface area (Å²) < 4.78 is 30.5. The van der Waals surface area contributed by atoms with Crippen molar-refractivity contribution in [1.29, 1.82) is 0 Å². The lowest BCUT2D eigenvalue weighted by Crippen LogP contribution is -2.45. The Kier molecular flexibility index (Phi) is 3.77. The van der Waals surface area contributed by atoms with Crippen molar-refractivity contribution in [1.82, 2.24) is 9.21 Å². The summed E-state index contributed by atoms with van der Waals surface area (Å²) in [7, 11) is -3.18. The molecule has 3 saturated heterocycles. The van der Waals surface area contributed by atoms with E-state index in [1.54, 1.807) is 0 Å². The first-order chi connectivity index (χ1) is 9.47. The Bertz CT molecular complexity index is 487. The molecule has 0 aromatic carbocycles. The Labute approximate surface area is 120 Å². The summed E-state index contributed by atoms with van der Waals surface area (Å²) in [5.41, 5.74) is 0. The van der Waals surface area contributed by atoms with E-state index in [0.29, 0.717) is 26.3 Å². The molecule has 3 atom stereocenters. The van der Waals surface area contributed by atoms with Crippen molar-refractivity contribution >= 4 is 15.9 Å². The molecule has 3 aliphatic rings. The van der Waals surface area contributed by atoms with Gasteiger partial charge in [-0.05, 0) is 18.8 Å². The highest BCUT2D eigenvalue weighted by Crippen LogP contribution is 2.36. The molecule has 1 amide bonds. The van der Waals surface area contributed by atoms with Gasteiger partial charge in [-0.1, -0.05) is 0 Å². The van der Waals surface area contributed by atoms with Gasteiger partial charge in [0.2, 0.25) is 15.9 Å². The molecule has 0 spiro atoms. The third kappa shape index (κ3) is 2.58. The van der Waals surface area contributed by atoms with Crippen molar-refractivity contribution in [3.63, 3.8) is 0 Å². The van der Waals surface area contributed by atoms with Crippen molar-refractivity contribution in [3.8, 4) is 0 Å². The minimum absolute atomic E-state index is 0.117. The lowest BCUT2D eigenvalue weighted by Gasteiger charge is -2.34. The third-order valence-electron chi connectivity index (χ3n) is 4.81. The van der Waals surface area contributed by atoms with E-state index < -0.39 is 10.0 Å². The van der Waals surface area contributed by atoms with Crippen LogP contribution in [0.1, 0.15) is 12.8 Å². The SMILES string of the molecule is CS(=O)(=O)N1C[C@@H]2COC[C@@H](C(=O)N3CCCC3)[C@@H]2C1. The molecule has 0 aromatic heterocycles. The fraction of sp³-hybridized carbons (Fsp3) is 0.923. The summed E-state index contributed by atoms with van der Waals surface area (Å²) in [5, 5.41) is 0. The highest BCUT2D eigenvalue weighted by Gasteiger charge is 2.47. The van der Waals surface area contributed by atoms with Gasteiger partial charge >= 0.3 is 0 Å². The molecule has 0 unspecified atom stereocenters. The van der Waals surface area contributed by atoms with E-state index in [2.05, 4.69) is 0 Å². The lowest BCUT2D eigenvalue weighted by molar-refractivity contribution is -0.143. The Balaban J connectivity index is 1.74. The summed E-state index contributed by atoms with van der Waals surface area (Å²) in [5.74, 6) is 0.271. The van der Waals surface area contributed by atoms with Crippen LogP contribution in [0.5, 0.6) is 0 Å². The van der Waals surface area contributed by atoms with Crippen LogP contribution in [-0.4, -0.2) is 69.2 Å². The molecule has 3 rings (SSSR count). The van der Waals surface area contributed by atoms with Gasteiger partial charge in [0.25, 0.3) is 0 Å². The zero-order valence-electron chi connectivity index (χ0n) is 11.8. The highest BCUT2D eigenvalue weighted by molar-refractivity contribution is 7.88. The van der Waals surface area contributed by atoms with Crippen LogP contribution in [0, 0.1) is 17.8 Å². The van der Waals surface area contributed by atoms with Crippen LogP contribution in [0.3, 0.4) is 0 Å². The van der Waals surface area contributed by atoms with Gasteiger partial charge in [-0.25, -0.2) is 12.7 Å². The van der Waals surface area contributed by atoms with E-state index in [0.717, 1.165) is 25.9 Å². The number of amides is 1. The van der Waals surface area contributed by atoms with Gasteiger partial charge in [0.05, 0.1) is 25.4 Å². The van der Waals surface area contributed by atoms with Crippen molar-refractivity contribution in [2.24, 2.45) is 17.8 Å². The van der Waals surface area contributed by atoms with Gasteiger partial charge in [-0.3, -0.25) is 4.79 Å². The van der Waals surface area contributed by atoms with Crippen LogP contribution >= 0.6 is 0 Å². The molecule has 0 N–H and O–H groups in total. The molecule has 3 heterocycles. The summed E-state index contributed by atoms with van der Waals surface area (Å²) in [6.07, 6.45) is 3.38. The van der Waals surface area contributed by atoms with Crippen LogP contribution in [0.4, 0.5) is 0 Å². The van der Waals surface area contributed by atoms with E-state index in [-0.39, 0.29) is 23.7 Å². The monoisotopic (exact) mass is 302 g/mol. The largest absolute Gasteiger partial charge is 0.380 e. The van der Waals surface area contributed by atoms with E-state index in [1.165, 1.54) is 10.6 Å². The molecule has 0 aliphatic carbocycles. The van der Waals surface area contributed by atoms with Gasteiger partial charge in [-0.2, -0.15) is 0 Å². The molecule has 7 heteroatoms. The predicted molar refractivity (Wildman–Crippen MR) is 73.5 cm³/mol. The maximum Gasteiger partial charge on any atom is 0.228 e. The number of hydrogen-bond acceptors (Lipinski definition) is 4. The smallest absolute Gasteiger partial charge is 0.228 e. The van der Waals surface area contributed by atoms with Crippen LogP contribution in [0.25, 0.3) is 0 Å². The number of fused-ring (bicyclic) bond motifs is 1. The number of sulfonamides is 1. The first kappa shape index (κ1) is 14.3. The van der Waals surface area contributed by atoms with E-state index in [1.807, 2.05) is 4.90 Å². The molecular formula is C13H22N2O4S. The molecule has 20 heavy (non-hydrogen) atoms. The second-order valence-electron chi connectivity index (χ2n) is 6.18. The standard InChI is InChI=1S/C13H22N2O4S/c1-20(17,18)15-6-10-8-19-9-12(11(10)7-15)13(16)14-4-2-3-5-14/h10-12H,2-9H2,1H3/t10-,11-,12-/m1/s1. The Hall–Kier alpha value is -0.660. The van der Waals surface area contributed by atoms with E-state index in [9.17, 15) is 13.2 Å². The first-order valence-corrected chi connectivity index (χ1v) is 9.13. The molecule has 0 aromatic rings.